The van der Waals surface area contributed by atoms with Crippen LogP contribution in [0.3, 0.4) is 0 Å². The van der Waals surface area contributed by atoms with Crippen LogP contribution in [0.15, 0.2) is 0 Å². The van der Waals surface area contributed by atoms with E-state index in [1.54, 1.807) is 0 Å². The Morgan fingerprint density at radius 3 is 2.88 bits per heavy atom. The number of carbonyl (C=O) groups excluding carboxylic acids is 1. The van der Waals surface area contributed by atoms with E-state index in [9.17, 15) is 4.79 Å². The van der Waals surface area contributed by atoms with E-state index >= 15 is 0 Å². The zero-order valence-electron chi connectivity index (χ0n) is 9.70. The van der Waals surface area contributed by atoms with Crippen molar-refractivity contribution in [3.63, 3.8) is 0 Å². The highest BCUT2D eigenvalue weighted by Gasteiger charge is 2.34. The van der Waals surface area contributed by atoms with E-state index in [-0.39, 0.29) is 23.9 Å². The topological polar surface area (TPSA) is 64.9 Å². The molecule has 1 saturated carbocycles. The average molecular weight is 221 g/mol. The highest BCUT2D eigenvalue weighted by atomic mass is 16.2. The van der Waals surface area contributed by atoms with E-state index in [1.807, 2.05) is 0 Å². The minimum Gasteiger partial charge on any atom is -0.351 e. The van der Waals surface area contributed by atoms with Crippen molar-refractivity contribution in [1.29, 1.82) is 5.26 Å². The van der Waals surface area contributed by atoms with Crippen LogP contribution >= 0.6 is 0 Å². The molecule has 2 fully saturated rings. The van der Waals surface area contributed by atoms with Crippen LogP contribution in [0.5, 0.6) is 0 Å². The van der Waals surface area contributed by atoms with Gasteiger partial charge in [0.25, 0.3) is 0 Å². The highest BCUT2D eigenvalue weighted by Crippen LogP contribution is 2.25. The van der Waals surface area contributed by atoms with E-state index in [4.69, 9.17) is 5.26 Å². The van der Waals surface area contributed by atoms with Crippen LogP contribution in [-0.2, 0) is 4.79 Å². The lowest BCUT2D eigenvalue weighted by molar-refractivity contribution is -0.124. The van der Waals surface area contributed by atoms with Gasteiger partial charge in [0.15, 0.2) is 0 Å². The molecule has 4 unspecified atom stereocenters. The van der Waals surface area contributed by atoms with Gasteiger partial charge in [0, 0.05) is 6.04 Å². The fourth-order valence-electron chi connectivity index (χ4n) is 2.75. The van der Waals surface area contributed by atoms with Gasteiger partial charge in [-0.1, -0.05) is 6.92 Å². The lowest BCUT2D eigenvalue weighted by Gasteiger charge is -2.20. The lowest BCUT2D eigenvalue weighted by Crippen LogP contribution is -2.48. The average Bonchev–Trinajstić information content (AvgIpc) is 2.86. The van der Waals surface area contributed by atoms with Gasteiger partial charge in [0.2, 0.25) is 5.91 Å². The summed E-state index contributed by atoms with van der Waals surface area (Å²) in [5.41, 5.74) is 0. The predicted molar refractivity (Wildman–Crippen MR) is 60.5 cm³/mol. The number of hydrogen-bond donors (Lipinski definition) is 2. The van der Waals surface area contributed by atoms with E-state index in [2.05, 4.69) is 23.6 Å². The number of carbonyl (C=O) groups is 1. The minimum absolute atomic E-state index is 0.0145. The number of amides is 1. The van der Waals surface area contributed by atoms with E-state index in [0.717, 1.165) is 32.2 Å². The number of hydrogen-bond acceptors (Lipinski definition) is 3. The Hall–Kier alpha value is -1.08. The molecule has 2 N–H and O–H groups in total. The molecule has 0 spiro atoms. The molecule has 4 heteroatoms. The first-order valence-corrected chi connectivity index (χ1v) is 6.15. The summed E-state index contributed by atoms with van der Waals surface area (Å²) in [6.45, 7) is 3.02. The molecule has 4 nitrogen and oxygen atoms in total. The second-order valence-corrected chi connectivity index (χ2v) is 4.98. The maximum atomic E-state index is 12.0. The Kier molecular flexibility index (Phi) is 3.45. The summed E-state index contributed by atoms with van der Waals surface area (Å²) in [5, 5.41) is 15.2. The van der Waals surface area contributed by atoms with Gasteiger partial charge in [-0.3, -0.25) is 4.79 Å². The minimum atomic E-state index is -0.0556. The fourth-order valence-corrected chi connectivity index (χ4v) is 2.75. The normalized spacial score (nSPS) is 38.2. The zero-order chi connectivity index (χ0) is 11.5. The Bertz CT molecular complexity index is 310. The Balaban J connectivity index is 1.89. The van der Waals surface area contributed by atoms with Gasteiger partial charge in [0.1, 0.15) is 0 Å². The summed E-state index contributed by atoms with van der Waals surface area (Å²) in [6.07, 6.45) is 3.99. The summed E-state index contributed by atoms with van der Waals surface area (Å²) in [4.78, 5) is 12.0. The van der Waals surface area contributed by atoms with Crippen LogP contribution < -0.4 is 10.6 Å². The standard InChI is InChI=1S/C12H19N3O/c1-8-5-6-14-11(8)12(16)15-10-4-2-3-9(10)7-13/h8-11,14H,2-6H2,1H3,(H,15,16). The van der Waals surface area contributed by atoms with Gasteiger partial charge in [-0.25, -0.2) is 0 Å². The largest absolute Gasteiger partial charge is 0.351 e. The zero-order valence-corrected chi connectivity index (χ0v) is 9.70. The van der Waals surface area contributed by atoms with Crippen LogP contribution in [-0.4, -0.2) is 24.5 Å². The second kappa shape index (κ2) is 4.84. The first-order valence-electron chi connectivity index (χ1n) is 6.15. The van der Waals surface area contributed by atoms with Crippen molar-refractivity contribution in [3.05, 3.63) is 0 Å². The first kappa shape index (κ1) is 11.4. The van der Waals surface area contributed by atoms with E-state index in [0.29, 0.717) is 5.92 Å². The van der Waals surface area contributed by atoms with Gasteiger partial charge in [-0.2, -0.15) is 5.26 Å². The molecule has 88 valence electrons. The number of rotatable bonds is 2. The fraction of sp³-hybridized carbons (Fsp3) is 0.833. The monoisotopic (exact) mass is 221 g/mol. The third-order valence-corrected chi connectivity index (χ3v) is 3.82. The maximum Gasteiger partial charge on any atom is 0.237 e. The van der Waals surface area contributed by atoms with Gasteiger partial charge in [-0.15, -0.1) is 0 Å². The summed E-state index contributed by atoms with van der Waals surface area (Å²) in [5.74, 6) is 0.500. The van der Waals surface area contributed by atoms with Crippen LogP contribution in [0.2, 0.25) is 0 Å². The summed E-state index contributed by atoms with van der Waals surface area (Å²) in [7, 11) is 0. The Morgan fingerprint density at radius 1 is 1.44 bits per heavy atom. The quantitative estimate of drug-likeness (QED) is 0.724. The smallest absolute Gasteiger partial charge is 0.237 e. The predicted octanol–water partition coefficient (Wildman–Crippen LogP) is 0.793. The molecule has 4 atom stereocenters. The molecule has 1 aliphatic heterocycles. The van der Waals surface area contributed by atoms with Crippen molar-refractivity contribution in [2.24, 2.45) is 11.8 Å². The van der Waals surface area contributed by atoms with Crippen molar-refractivity contribution in [3.8, 4) is 6.07 Å². The van der Waals surface area contributed by atoms with Crippen LogP contribution in [0, 0.1) is 23.2 Å². The number of nitrogens with zero attached hydrogens (tertiary/aromatic N) is 1. The molecule has 0 aromatic carbocycles. The van der Waals surface area contributed by atoms with E-state index < -0.39 is 0 Å². The van der Waals surface area contributed by atoms with Crippen LogP contribution in [0.4, 0.5) is 0 Å². The number of nitrogens with one attached hydrogen (secondary N) is 2. The van der Waals surface area contributed by atoms with Gasteiger partial charge in [0.05, 0.1) is 18.0 Å². The molecule has 1 aliphatic carbocycles. The summed E-state index contributed by atoms with van der Waals surface area (Å²) < 4.78 is 0. The molecule has 16 heavy (non-hydrogen) atoms. The third-order valence-electron chi connectivity index (χ3n) is 3.82. The van der Waals surface area contributed by atoms with Crippen molar-refractivity contribution in [1.82, 2.24) is 10.6 Å². The highest BCUT2D eigenvalue weighted by molar-refractivity contribution is 5.82. The maximum absolute atomic E-state index is 12.0. The molecular formula is C12H19N3O. The molecule has 0 radical (unpaired) electrons. The molecule has 1 saturated heterocycles. The summed E-state index contributed by atoms with van der Waals surface area (Å²) in [6, 6.07) is 2.31. The first-order chi connectivity index (χ1) is 7.72. The van der Waals surface area contributed by atoms with Crippen molar-refractivity contribution in [2.45, 2.75) is 44.7 Å². The molecule has 0 bridgehead atoms. The molecule has 0 aromatic rings. The van der Waals surface area contributed by atoms with Crippen molar-refractivity contribution in [2.75, 3.05) is 6.54 Å². The van der Waals surface area contributed by atoms with Gasteiger partial charge < -0.3 is 10.6 Å². The van der Waals surface area contributed by atoms with Gasteiger partial charge >= 0.3 is 0 Å². The molecule has 1 heterocycles. The molecular weight excluding hydrogens is 202 g/mol. The van der Waals surface area contributed by atoms with Crippen molar-refractivity contribution < 1.29 is 4.79 Å². The van der Waals surface area contributed by atoms with E-state index in [1.165, 1.54) is 0 Å². The molecule has 2 rings (SSSR count). The molecule has 1 amide bonds. The molecule has 0 aromatic heterocycles. The van der Waals surface area contributed by atoms with Crippen LogP contribution in [0.25, 0.3) is 0 Å². The van der Waals surface area contributed by atoms with Crippen LogP contribution in [0.1, 0.15) is 32.6 Å². The van der Waals surface area contributed by atoms with Crippen molar-refractivity contribution >= 4 is 5.91 Å². The van der Waals surface area contributed by atoms with Gasteiger partial charge in [-0.05, 0) is 38.1 Å². The third kappa shape index (κ3) is 2.19. The Morgan fingerprint density at radius 2 is 2.25 bits per heavy atom. The number of nitriles is 1. The summed E-state index contributed by atoms with van der Waals surface area (Å²) >= 11 is 0. The molecule has 2 aliphatic rings. The second-order valence-electron chi connectivity index (χ2n) is 4.98. The lowest BCUT2D eigenvalue weighted by atomic mass is 10.0. The Labute approximate surface area is 96.4 Å². The SMILES string of the molecule is CC1CCNC1C(=O)NC1CCCC1C#N.